The third-order valence-corrected chi connectivity index (χ3v) is 4.31. The Morgan fingerprint density at radius 3 is 2.56 bits per heavy atom. The second kappa shape index (κ2) is 7.17. The molecule has 27 heavy (non-hydrogen) atoms. The number of hydrogen-bond donors (Lipinski definition) is 3. The third kappa shape index (κ3) is 3.43. The highest BCUT2D eigenvalue weighted by atomic mass is 16.4. The normalized spacial score (nSPS) is 11.1. The minimum atomic E-state index is -0.967. The highest BCUT2D eigenvalue weighted by Crippen LogP contribution is 2.29. The first-order valence-corrected chi connectivity index (χ1v) is 8.51. The van der Waals surface area contributed by atoms with E-state index in [4.69, 9.17) is 5.11 Å². The molecule has 0 aliphatic heterocycles. The number of H-pyrrole nitrogens is 1. The van der Waals surface area contributed by atoms with Gasteiger partial charge in [0.15, 0.2) is 0 Å². The summed E-state index contributed by atoms with van der Waals surface area (Å²) < 4.78 is 0. The van der Waals surface area contributed by atoms with Gasteiger partial charge in [0, 0.05) is 16.5 Å². The Hall–Kier alpha value is -3.86. The first-order chi connectivity index (χ1) is 13.2. The predicted molar refractivity (Wildman–Crippen MR) is 108 cm³/mol. The molecule has 0 bridgehead atoms. The lowest BCUT2D eigenvalue weighted by Gasteiger charge is -2.03. The van der Waals surface area contributed by atoms with Gasteiger partial charge in [0.1, 0.15) is 0 Å². The summed E-state index contributed by atoms with van der Waals surface area (Å²) in [6, 6.07) is 24.7. The third-order valence-electron chi connectivity index (χ3n) is 4.31. The molecule has 0 unspecified atom stereocenters. The molecule has 4 aromatic rings. The van der Waals surface area contributed by atoms with E-state index in [0.29, 0.717) is 5.69 Å². The highest BCUT2D eigenvalue weighted by molar-refractivity contribution is 6.06. The first kappa shape index (κ1) is 16.6. The summed E-state index contributed by atoms with van der Waals surface area (Å²) in [6.45, 7) is 0. The molecule has 0 radical (unpaired) electrons. The van der Waals surface area contributed by atoms with Crippen molar-refractivity contribution >= 4 is 28.8 Å². The summed E-state index contributed by atoms with van der Waals surface area (Å²) in [5, 5.41) is 14.5. The van der Waals surface area contributed by atoms with E-state index in [1.54, 1.807) is 30.5 Å². The molecule has 3 aromatic carbocycles. The maximum atomic E-state index is 11.1. The second-order valence-electron chi connectivity index (χ2n) is 6.08. The number of anilines is 1. The minimum absolute atomic E-state index is 0.215. The van der Waals surface area contributed by atoms with Crippen LogP contribution in [0.1, 0.15) is 15.9 Å². The fourth-order valence-electron chi connectivity index (χ4n) is 3.02. The molecule has 0 atom stereocenters. The van der Waals surface area contributed by atoms with Crippen molar-refractivity contribution in [3.8, 4) is 11.3 Å². The van der Waals surface area contributed by atoms with Crippen LogP contribution < -0.4 is 5.43 Å². The Bertz CT molecular complexity index is 1130. The molecule has 0 amide bonds. The number of carbonyl (C=O) groups is 1. The standard InChI is InChI=1S/C22H17N3O2/c26-22(27)16-9-6-10-17(13-16)25-23-14-19-18-11-4-5-12-20(18)24-21(19)15-7-2-1-3-8-15/h1-14,24-25H,(H,26,27)/b23-14+. The van der Waals surface area contributed by atoms with E-state index in [0.717, 1.165) is 27.7 Å². The number of benzene rings is 3. The Balaban J connectivity index is 1.70. The Kier molecular flexibility index (Phi) is 4.41. The van der Waals surface area contributed by atoms with Crippen molar-refractivity contribution in [3.63, 3.8) is 0 Å². The second-order valence-corrected chi connectivity index (χ2v) is 6.08. The number of carboxylic acids is 1. The van der Waals surface area contributed by atoms with Crippen LogP contribution >= 0.6 is 0 Å². The van der Waals surface area contributed by atoms with E-state index >= 15 is 0 Å². The van der Waals surface area contributed by atoms with E-state index < -0.39 is 5.97 Å². The number of aromatic carboxylic acids is 1. The lowest BCUT2D eigenvalue weighted by molar-refractivity contribution is 0.0697. The van der Waals surface area contributed by atoms with Crippen molar-refractivity contribution in [3.05, 3.63) is 90.0 Å². The summed E-state index contributed by atoms with van der Waals surface area (Å²) in [4.78, 5) is 14.5. The molecular formula is C22H17N3O2. The zero-order chi connectivity index (χ0) is 18.6. The Morgan fingerprint density at radius 1 is 0.963 bits per heavy atom. The van der Waals surface area contributed by atoms with Crippen LogP contribution in [0.5, 0.6) is 0 Å². The molecule has 0 fully saturated rings. The van der Waals surface area contributed by atoms with Gasteiger partial charge in [-0.05, 0) is 29.8 Å². The van der Waals surface area contributed by atoms with E-state index in [-0.39, 0.29) is 5.56 Å². The van der Waals surface area contributed by atoms with Gasteiger partial charge < -0.3 is 10.1 Å². The fourth-order valence-corrected chi connectivity index (χ4v) is 3.02. The minimum Gasteiger partial charge on any atom is -0.478 e. The molecule has 0 spiro atoms. The van der Waals surface area contributed by atoms with Crippen molar-refractivity contribution in [1.82, 2.24) is 4.98 Å². The zero-order valence-corrected chi connectivity index (χ0v) is 14.4. The van der Waals surface area contributed by atoms with E-state index in [1.807, 2.05) is 54.6 Å². The SMILES string of the molecule is O=C(O)c1cccc(N/N=C/c2c(-c3ccccc3)[nH]c3ccccc23)c1. The maximum absolute atomic E-state index is 11.1. The van der Waals surface area contributed by atoms with Gasteiger partial charge in [-0.1, -0.05) is 54.6 Å². The molecule has 0 aliphatic carbocycles. The topological polar surface area (TPSA) is 77.5 Å². The van der Waals surface area contributed by atoms with Crippen LogP contribution in [0.3, 0.4) is 0 Å². The quantitative estimate of drug-likeness (QED) is 0.349. The largest absolute Gasteiger partial charge is 0.478 e. The molecule has 1 heterocycles. The number of hydrogen-bond acceptors (Lipinski definition) is 3. The van der Waals surface area contributed by atoms with Crippen molar-refractivity contribution in [2.75, 3.05) is 5.43 Å². The van der Waals surface area contributed by atoms with Gasteiger partial charge in [0.05, 0.1) is 23.2 Å². The Morgan fingerprint density at radius 2 is 1.74 bits per heavy atom. The van der Waals surface area contributed by atoms with Gasteiger partial charge in [-0.15, -0.1) is 0 Å². The molecule has 4 rings (SSSR count). The molecule has 5 heteroatoms. The smallest absolute Gasteiger partial charge is 0.335 e. The maximum Gasteiger partial charge on any atom is 0.335 e. The van der Waals surface area contributed by atoms with Crippen LogP contribution in [0.15, 0.2) is 84.0 Å². The monoisotopic (exact) mass is 355 g/mol. The van der Waals surface area contributed by atoms with Crippen LogP contribution in [0.2, 0.25) is 0 Å². The molecule has 0 saturated heterocycles. The highest BCUT2D eigenvalue weighted by Gasteiger charge is 2.11. The van der Waals surface area contributed by atoms with E-state index in [1.165, 1.54) is 0 Å². The zero-order valence-electron chi connectivity index (χ0n) is 14.4. The number of fused-ring (bicyclic) bond motifs is 1. The van der Waals surface area contributed by atoms with Crippen LogP contribution in [-0.4, -0.2) is 22.3 Å². The lowest BCUT2D eigenvalue weighted by atomic mass is 10.1. The van der Waals surface area contributed by atoms with Gasteiger partial charge in [0.25, 0.3) is 0 Å². The summed E-state index contributed by atoms with van der Waals surface area (Å²) in [5.74, 6) is -0.967. The number of aromatic nitrogens is 1. The van der Waals surface area contributed by atoms with Crippen LogP contribution in [0.4, 0.5) is 5.69 Å². The average Bonchev–Trinajstić information content (AvgIpc) is 3.08. The van der Waals surface area contributed by atoms with Crippen LogP contribution in [0.25, 0.3) is 22.2 Å². The summed E-state index contributed by atoms with van der Waals surface area (Å²) >= 11 is 0. The van der Waals surface area contributed by atoms with Crippen molar-refractivity contribution < 1.29 is 9.90 Å². The number of nitrogens with zero attached hydrogens (tertiary/aromatic N) is 1. The van der Waals surface area contributed by atoms with Crippen molar-refractivity contribution in [2.24, 2.45) is 5.10 Å². The molecule has 0 aliphatic rings. The molecule has 1 aromatic heterocycles. The summed E-state index contributed by atoms with van der Waals surface area (Å²) in [5.41, 5.74) is 7.81. The van der Waals surface area contributed by atoms with Gasteiger partial charge in [-0.2, -0.15) is 5.10 Å². The number of carboxylic acid groups (broad SMARTS) is 1. The number of aromatic amines is 1. The van der Waals surface area contributed by atoms with Gasteiger partial charge >= 0.3 is 5.97 Å². The van der Waals surface area contributed by atoms with Crippen molar-refractivity contribution in [1.29, 1.82) is 0 Å². The van der Waals surface area contributed by atoms with Gasteiger partial charge in [-0.25, -0.2) is 4.79 Å². The summed E-state index contributed by atoms with van der Waals surface area (Å²) in [7, 11) is 0. The van der Waals surface area contributed by atoms with Crippen LogP contribution in [0, 0.1) is 0 Å². The van der Waals surface area contributed by atoms with E-state index in [9.17, 15) is 4.79 Å². The van der Waals surface area contributed by atoms with Gasteiger partial charge in [0.2, 0.25) is 0 Å². The fraction of sp³-hybridized carbons (Fsp3) is 0. The molecule has 5 nitrogen and oxygen atoms in total. The van der Waals surface area contributed by atoms with Crippen molar-refractivity contribution in [2.45, 2.75) is 0 Å². The number of para-hydroxylation sites is 1. The number of rotatable bonds is 5. The average molecular weight is 355 g/mol. The first-order valence-electron chi connectivity index (χ1n) is 8.51. The van der Waals surface area contributed by atoms with E-state index in [2.05, 4.69) is 15.5 Å². The number of nitrogens with one attached hydrogen (secondary N) is 2. The van der Waals surface area contributed by atoms with Gasteiger partial charge in [-0.3, -0.25) is 5.43 Å². The molecule has 132 valence electrons. The molecule has 0 saturated carbocycles. The Labute approximate surface area is 156 Å². The molecular weight excluding hydrogens is 338 g/mol. The number of hydrazone groups is 1. The lowest BCUT2D eigenvalue weighted by Crippen LogP contribution is -1.98. The summed E-state index contributed by atoms with van der Waals surface area (Å²) in [6.07, 6.45) is 1.76. The predicted octanol–water partition coefficient (Wildman–Crippen LogP) is 4.98. The molecule has 3 N–H and O–H groups in total. The van der Waals surface area contributed by atoms with Crippen LogP contribution in [-0.2, 0) is 0 Å².